The van der Waals surface area contributed by atoms with Gasteiger partial charge in [-0.1, -0.05) is 11.6 Å². The van der Waals surface area contributed by atoms with Crippen molar-refractivity contribution in [1.82, 2.24) is 0 Å². The van der Waals surface area contributed by atoms with E-state index in [-0.39, 0.29) is 11.9 Å². The summed E-state index contributed by atoms with van der Waals surface area (Å²) in [6.07, 6.45) is 0.265. The summed E-state index contributed by atoms with van der Waals surface area (Å²) in [4.78, 5) is 14.5. The van der Waals surface area contributed by atoms with Gasteiger partial charge in [0.05, 0.1) is 12.0 Å². The Morgan fingerprint density at radius 2 is 2.11 bits per heavy atom. The molecule has 0 saturated heterocycles. The van der Waals surface area contributed by atoms with Crippen LogP contribution >= 0.6 is 27.3 Å². The largest absolute Gasteiger partial charge is 0.484 e. The van der Waals surface area contributed by atoms with E-state index < -0.39 is 0 Å². The third-order valence-electron chi connectivity index (χ3n) is 3.27. The highest BCUT2D eigenvalue weighted by molar-refractivity contribution is 9.10. The number of fused-ring (bicyclic) bond motifs is 1. The van der Waals surface area contributed by atoms with Crippen molar-refractivity contribution in [2.24, 2.45) is 0 Å². The number of carbonyl (C=O) groups excluding carboxylic acids is 1. The number of hydrogen-bond donors (Lipinski definition) is 0. The van der Waals surface area contributed by atoms with Gasteiger partial charge in [0.2, 0.25) is 0 Å². The van der Waals surface area contributed by atoms with Gasteiger partial charge in [0, 0.05) is 14.2 Å². The average molecular weight is 337 g/mol. The second kappa shape index (κ2) is 4.76. The number of rotatable bonds is 1. The van der Waals surface area contributed by atoms with Crippen LogP contribution in [0.15, 0.2) is 28.7 Å². The summed E-state index contributed by atoms with van der Waals surface area (Å²) in [6, 6.07) is 7.83. The van der Waals surface area contributed by atoms with Crippen LogP contribution < -0.4 is 4.74 Å². The van der Waals surface area contributed by atoms with Crippen molar-refractivity contribution < 1.29 is 9.53 Å². The van der Waals surface area contributed by atoms with Crippen molar-refractivity contribution in [3.05, 3.63) is 49.6 Å². The number of ether oxygens (including phenoxy) is 1. The standard InChI is InChI=1S/C15H13BrO2S/c1-8-3-4-13-10(5-8)12(17)7-14(18-13)15-6-11(16)9(2)19-15/h3-6,14H,7H2,1-2H3. The minimum Gasteiger partial charge on any atom is -0.484 e. The number of benzene rings is 1. The molecule has 0 N–H and O–H groups in total. The van der Waals surface area contributed by atoms with Crippen LogP contribution in [-0.4, -0.2) is 5.78 Å². The Morgan fingerprint density at radius 1 is 1.32 bits per heavy atom. The zero-order valence-corrected chi connectivity index (χ0v) is 13.1. The molecular formula is C15H13BrO2S. The van der Waals surface area contributed by atoms with Gasteiger partial charge in [-0.3, -0.25) is 4.79 Å². The predicted octanol–water partition coefficient (Wildman–Crippen LogP) is 4.83. The van der Waals surface area contributed by atoms with Gasteiger partial charge in [0.25, 0.3) is 0 Å². The van der Waals surface area contributed by atoms with E-state index in [1.807, 2.05) is 25.1 Å². The van der Waals surface area contributed by atoms with E-state index in [0.717, 1.165) is 14.9 Å². The quantitative estimate of drug-likeness (QED) is 0.745. The SMILES string of the molecule is Cc1ccc2c(c1)C(=O)CC(c1cc(Br)c(C)s1)O2. The molecule has 0 radical (unpaired) electrons. The lowest BCUT2D eigenvalue weighted by Gasteiger charge is -2.24. The van der Waals surface area contributed by atoms with Crippen LogP contribution in [0.25, 0.3) is 0 Å². The van der Waals surface area contributed by atoms with Gasteiger partial charge in [-0.2, -0.15) is 0 Å². The molecule has 1 unspecified atom stereocenters. The fourth-order valence-electron chi connectivity index (χ4n) is 2.24. The Morgan fingerprint density at radius 3 is 2.79 bits per heavy atom. The molecule has 1 aliphatic rings. The van der Waals surface area contributed by atoms with Crippen LogP contribution in [0.3, 0.4) is 0 Å². The predicted molar refractivity (Wildman–Crippen MR) is 80.3 cm³/mol. The van der Waals surface area contributed by atoms with Crippen molar-refractivity contribution in [2.45, 2.75) is 26.4 Å². The Kier molecular flexibility index (Phi) is 3.23. The monoisotopic (exact) mass is 336 g/mol. The van der Waals surface area contributed by atoms with Crippen LogP contribution in [-0.2, 0) is 0 Å². The zero-order valence-electron chi connectivity index (χ0n) is 10.7. The summed E-state index contributed by atoms with van der Waals surface area (Å²) in [5.41, 5.74) is 1.80. The number of ketones is 1. The number of thiophene rings is 1. The first-order chi connectivity index (χ1) is 9.04. The molecule has 0 bridgehead atoms. The molecule has 0 amide bonds. The second-order valence-electron chi connectivity index (χ2n) is 4.79. The van der Waals surface area contributed by atoms with E-state index in [0.29, 0.717) is 17.7 Å². The molecule has 0 saturated carbocycles. The van der Waals surface area contributed by atoms with Crippen molar-refractivity contribution >= 4 is 33.0 Å². The molecule has 2 heterocycles. The highest BCUT2D eigenvalue weighted by Gasteiger charge is 2.28. The molecule has 1 aliphatic heterocycles. The molecule has 4 heteroatoms. The summed E-state index contributed by atoms with van der Waals surface area (Å²) < 4.78 is 7.06. The maximum atomic E-state index is 12.2. The van der Waals surface area contributed by atoms with Gasteiger partial charge >= 0.3 is 0 Å². The average Bonchev–Trinajstić information content (AvgIpc) is 2.70. The van der Waals surface area contributed by atoms with Crippen LogP contribution in [0.4, 0.5) is 0 Å². The molecule has 1 atom stereocenters. The number of hydrogen-bond acceptors (Lipinski definition) is 3. The smallest absolute Gasteiger partial charge is 0.170 e. The van der Waals surface area contributed by atoms with Crippen LogP contribution in [0.2, 0.25) is 0 Å². The minimum atomic E-state index is -0.155. The first kappa shape index (κ1) is 12.9. The summed E-state index contributed by atoms with van der Waals surface area (Å²) >= 11 is 5.19. The number of carbonyl (C=O) groups is 1. The first-order valence-electron chi connectivity index (χ1n) is 6.11. The molecule has 98 valence electrons. The van der Waals surface area contributed by atoms with Gasteiger partial charge in [-0.25, -0.2) is 0 Å². The third-order valence-corrected chi connectivity index (χ3v) is 5.50. The van der Waals surface area contributed by atoms with E-state index in [1.54, 1.807) is 11.3 Å². The van der Waals surface area contributed by atoms with Crippen LogP contribution in [0, 0.1) is 13.8 Å². The number of aryl methyl sites for hydroxylation is 2. The van der Waals surface area contributed by atoms with Crippen LogP contribution in [0.1, 0.15) is 38.2 Å². The van der Waals surface area contributed by atoms with Crippen molar-refractivity contribution in [3.63, 3.8) is 0 Å². The maximum Gasteiger partial charge on any atom is 0.170 e. The molecule has 2 aromatic rings. The summed E-state index contributed by atoms with van der Waals surface area (Å²) in [5, 5.41) is 0. The molecule has 2 nitrogen and oxygen atoms in total. The summed E-state index contributed by atoms with van der Waals surface area (Å²) in [7, 11) is 0. The number of Topliss-reactive ketones (excluding diaryl/α,β-unsaturated/α-hetero) is 1. The molecule has 1 aromatic heterocycles. The van der Waals surface area contributed by atoms with E-state index in [9.17, 15) is 4.79 Å². The van der Waals surface area contributed by atoms with Gasteiger partial charge in [0.1, 0.15) is 11.9 Å². The van der Waals surface area contributed by atoms with Crippen LogP contribution in [0.5, 0.6) is 5.75 Å². The van der Waals surface area contributed by atoms with E-state index in [2.05, 4.69) is 28.9 Å². The highest BCUT2D eigenvalue weighted by atomic mass is 79.9. The Balaban J connectivity index is 1.97. The normalized spacial score (nSPS) is 18.1. The Bertz CT molecular complexity index is 641. The molecular weight excluding hydrogens is 324 g/mol. The Hall–Kier alpha value is -1.13. The molecule has 0 fully saturated rings. The lowest BCUT2D eigenvalue weighted by atomic mass is 9.98. The molecule has 0 spiro atoms. The Labute approximate surface area is 124 Å². The van der Waals surface area contributed by atoms with E-state index in [4.69, 9.17) is 4.74 Å². The fraction of sp³-hybridized carbons (Fsp3) is 0.267. The highest BCUT2D eigenvalue weighted by Crippen LogP contribution is 2.39. The minimum absolute atomic E-state index is 0.155. The van der Waals surface area contributed by atoms with Gasteiger partial charge in [0.15, 0.2) is 5.78 Å². The van der Waals surface area contributed by atoms with E-state index in [1.165, 1.54) is 4.88 Å². The lowest BCUT2D eigenvalue weighted by Crippen LogP contribution is -2.19. The molecule has 19 heavy (non-hydrogen) atoms. The van der Waals surface area contributed by atoms with Gasteiger partial charge in [-0.15, -0.1) is 11.3 Å². The molecule has 0 aliphatic carbocycles. The summed E-state index contributed by atoms with van der Waals surface area (Å²) in [6.45, 7) is 4.04. The summed E-state index contributed by atoms with van der Waals surface area (Å²) in [5.74, 6) is 0.867. The van der Waals surface area contributed by atoms with Gasteiger partial charge < -0.3 is 4.74 Å². The van der Waals surface area contributed by atoms with E-state index >= 15 is 0 Å². The molecule has 3 rings (SSSR count). The fourth-order valence-corrected chi connectivity index (χ4v) is 3.83. The lowest BCUT2D eigenvalue weighted by molar-refractivity contribution is 0.0854. The van der Waals surface area contributed by atoms with Crippen molar-refractivity contribution in [1.29, 1.82) is 0 Å². The first-order valence-corrected chi connectivity index (χ1v) is 7.72. The third kappa shape index (κ3) is 2.35. The topological polar surface area (TPSA) is 26.3 Å². The molecule has 1 aromatic carbocycles. The maximum absolute atomic E-state index is 12.2. The van der Waals surface area contributed by atoms with Crippen molar-refractivity contribution in [3.8, 4) is 5.75 Å². The van der Waals surface area contributed by atoms with Crippen molar-refractivity contribution in [2.75, 3.05) is 0 Å². The van der Waals surface area contributed by atoms with Gasteiger partial charge in [-0.05, 0) is 48.0 Å². The second-order valence-corrected chi connectivity index (χ2v) is 6.93. The number of halogens is 1. The zero-order chi connectivity index (χ0) is 13.6.